The van der Waals surface area contributed by atoms with Gasteiger partial charge in [0.15, 0.2) is 5.82 Å². The van der Waals surface area contributed by atoms with Crippen molar-refractivity contribution in [1.82, 2.24) is 30.6 Å². The van der Waals surface area contributed by atoms with Crippen molar-refractivity contribution in [3.8, 4) is 11.8 Å². The first-order valence-corrected chi connectivity index (χ1v) is 14.2. The van der Waals surface area contributed by atoms with E-state index in [1.807, 2.05) is 18.2 Å². The summed E-state index contributed by atoms with van der Waals surface area (Å²) in [7, 11) is 2.16. The van der Waals surface area contributed by atoms with Gasteiger partial charge in [-0.3, -0.25) is 4.90 Å². The normalized spacial score (nSPS) is 29.4. The molecule has 1 aromatic heterocycles. The van der Waals surface area contributed by atoms with Crippen LogP contribution in [0.1, 0.15) is 58.3 Å². The second kappa shape index (κ2) is 11.0. The van der Waals surface area contributed by atoms with Crippen molar-refractivity contribution in [3.05, 3.63) is 18.2 Å². The van der Waals surface area contributed by atoms with Crippen LogP contribution in [0.25, 0.3) is 10.9 Å². The van der Waals surface area contributed by atoms with Crippen molar-refractivity contribution in [2.75, 3.05) is 32.0 Å². The molecule has 202 valence electrons. The van der Waals surface area contributed by atoms with Crippen LogP contribution in [-0.2, 0) is 0 Å². The highest BCUT2D eigenvalue weighted by Gasteiger charge is 2.40. The van der Waals surface area contributed by atoms with Gasteiger partial charge in [0.25, 0.3) is 0 Å². The third-order valence-corrected chi connectivity index (χ3v) is 8.52. The van der Waals surface area contributed by atoms with Crippen LogP contribution >= 0.6 is 0 Å². The molecule has 4 saturated heterocycles. The third-order valence-electron chi connectivity index (χ3n) is 8.52. The highest BCUT2D eigenvalue weighted by Crippen LogP contribution is 2.37. The lowest BCUT2D eigenvalue weighted by Crippen LogP contribution is -2.47. The standard InChI is InChI=1S/C28H39N9O/c1-18-14-26(35-34-18)32-27-24-7-6-23(38-22-8-12-36(2)13-9-22)17-25(24)31-28(33-27)30-19-15-20-4-5-21(16-19)37(20)11-3-10-29/h6-7,17-22,34H,3-5,8-9,11-16H2,1-2H3,(H2,30,31,32,33,35)/t18?,19?,20-,21+. The molecular formula is C28H39N9O. The Labute approximate surface area is 224 Å². The van der Waals surface area contributed by atoms with Crippen molar-refractivity contribution in [3.63, 3.8) is 0 Å². The Kier molecular flexibility index (Phi) is 7.32. The second-order valence-corrected chi connectivity index (χ2v) is 11.4. The molecule has 6 rings (SSSR count). The van der Waals surface area contributed by atoms with Crippen molar-refractivity contribution in [1.29, 1.82) is 5.26 Å². The monoisotopic (exact) mass is 517 g/mol. The van der Waals surface area contributed by atoms with E-state index < -0.39 is 0 Å². The summed E-state index contributed by atoms with van der Waals surface area (Å²) in [5.74, 6) is 3.05. The van der Waals surface area contributed by atoms with Gasteiger partial charge < -0.3 is 20.4 Å². The molecule has 1 aromatic carbocycles. The molecule has 38 heavy (non-hydrogen) atoms. The van der Waals surface area contributed by atoms with E-state index in [1.165, 1.54) is 12.8 Å². The predicted octanol–water partition coefficient (Wildman–Crippen LogP) is 3.34. The van der Waals surface area contributed by atoms with Gasteiger partial charge in [-0.25, -0.2) is 15.4 Å². The van der Waals surface area contributed by atoms with Crippen molar-refractivity contribution in [2.24, 2.45) is 4.99 Å². The zero-order valence-corrected chi connectivity index (χ0v) is 22.5. The maximum Gasteiger partial charge on any atom is 0.225 e. The molecule has 0 amide bonds. The maximum absolute atomic E-state index is 9.05. The molecule has 0 aliphatic carbocycles. The summed E-state index contributed by atoms with van der Waals surface area (Å²) < 4.78 is 6.38. The van der Waals surface area contributed by atoms with E-state index in [2.05, 4.69) is 46.0 Å². The molecule has 0 radical (unpaired) electrons. The molecule has 2 unspecified atom stereocenters. The number of aliphatic imine (C=N–C) groups is 1. The highest BCUT2D eigenvalue weighted by atomic mass is 16.5. The summed E-state index contributed by atoms with van der Waals surface area (Å²) in [4.78, 5) is 19.6. The summed E-state index contributed by atoms with van der Waals surface area (Å²) >= 11 is 0. The fourth-order valence-corrected chi connectivity index (χ4v) is 6.53. The summed E-state index contributed by atoms with van der Waals surface area (Å²) in [6, 6.07) is 10.1. The smallest absolute Gasteiger partial charge is 0.225 e. The first-order valence-electron chi connectivity index (χ1n) is 14.2. The Morgan fingerprint density at radius 3 is 2.66 bits per heavy atom. The zero-order valence-electron chi connectivity index (χ0n) is 22.5. The van der Waals surface area contributed by atoms with E-state index in [9.17, 15) is 0 Å². The van der Waals surface area contributed by atoms with E-state index in [0.717, 1.165) is 74.2 Å². The molecule has 4 fully saturated rings. The Morgan fingerprint density at radius 1 is 1.16 bits per heavy atom. The maximum atomic E-state index is 9.05. The number of ether oxygens (including phenoxy) is 1. The van der Waals surface area contributed by atoms with Crippen LogP contribution in [0.5, 0.6) is 5.75 Å². The molecule has 0 spiro atoms. The van der Waals surface area contributed by atoms with Crippen LogP contribution in [-0.4, -0.2) is 82.6 Å². The predicted molar refractivity (Wildman–Crippen MR) is 149 cm³/mol. The van der Waals surface area contributed by atoms with Gasteiger partial charge in [-0.15, -0.1) is 0 Å². The zero-order chi connectivity index (χ0) is 26.1. The van der Waals surface area contributed by atoms with Gasteiger partial charge >= 0.3 is 0 Å². The Morgan fingerprint density at radius 2 is 1.95 bits per heavy atom. The number of aromatic nitrogens is 2. The van der Waals surface area contributed by atoms with Gasteiger partial charge in [0, 0.05) is 68.1 Å². The summed E-state index contributed by atoms with van der Waals surface area (Å²) in [5, 5.41) is 13.6. The molecule has 2 aromatic rings. The number of rotatable bonds is 7. The van der Waals surface area contributed by atoms with Crippen LogP contribution in [0, 0.1) is 11.3 Å². The number of fused-ring (bicyclic) bond motifs is 3. The van der Waals surface area contributed by atoms with Crippen LogP contribution in [0.2, 0.25) is 0 Å². The minimum Gasteiger partial charge on any atom is -0.490 e. The number of hydrogen-bond donors (Lipinski definition) is 3. The Balaban J connectivity index is 1.25. The van der Waals surface area contributed by atoms with E-state index in [0.29, 0.717) is 42.4 Å². The molecule has 3 N–H and O–H groups in total. The summed E-state index contributed by atoms with van der Waals surface area (Å²) in [6.07, 6.45) is 8.26. The van der Waals surface area contributed by atoms with Crippen LogP contribution in [0.3, 0.4) is 0 Å². The molecule has 5 heterocycles. The van der Waals surface area contributed by atoms with Crippen molar-refractivity contribution in [2.45, 2.75) is 88.6 Å². The topological polar surface area (TPSA) is 114 Å². The van der Waals surface area contributed by atoms with Crippen LogP contribution in [0.15, 0.2) is 23.2 Å². The van der Waals surface area contributed by atoms with Gasteiger partial charge in [-0.2, -0.15) is 10.2 Å². The Hall–Kier alpha value is -3.00. The van der Waals surface area contributed by atoms with Crippen LogP contribution in [0.4, 0.5) is 11.8 Å². The third kappa shape index (κ3) is 5.55. The van der Waals surface area contributed by atoms with E-state index >= 15 is 0 Å². The molecule has 2 bridgehead atoms. The first-order chi connectivity index (χ1) is 18.5. The number of hydrazine groups is 1. The highest BCUT2D eigenvalue weighted by molar-refractivity contribution is 5.94. The minimum atomic E-state index is 0.236. The van der Waals surface area contributed by atoms with Gasteiger partial charge in [-0.1, -0.05) is 0 Å². The molecular weight excluding hydrogens is 478 g/mol. The summed E-state index contributed by atoms with van der Waals surface area (Å²) in [6.45, 7) is 5.14. The van der Waals surface area contributed by atoms with Crippen molar-refractivity contribution >= 4 is 28.5 Å². The molecule has 10 heteroatoms. The van der Waals surface area contributed by atoms with Crippen molar-refractivity contribution < 1.29 is 4.74 Å². The molecule has 4 aliphatic heterocycles. The van der Waals surface area contributed by atoms with Gasteiger partial charge in [0.05, 0.1) is 11.6 Å². The lowest BCUT2D eigenvalue weighted by atomic mass is 9.97. The number of nitriles is 1. The average molecular weight is 518 g/mol. The average Bonchev–Trinajstić information content (AvgIpc) is 3.42. The fraction of sp³-hybridized carbons (Fsp3) is 0.643. The number of nitrogens with zero attached hydrogens (tertiary/aromatic N) is 6. The first kappa shape index (κ1) is 25.3. The fourth-order valence-electron chi connectivity index (χ4n) is 6.53. The van der Waals surface area contributed by atoms with E-state index in [1.54, 1.807) is 0 Å². The molecule has 4 atom stereocenters. The SMILES string of the molecule is CC1CC(=Nc2nc(NC3C[C@H]4CC[C@@H](C3)N4CCC#N)nc3cc(OC4CCN(C)CC4)ccc23)NN1. The number of amidine groups is 1. The molecule has 0 saturated carbocycles. The Bertz CT molecular complexity index is 1200. The number of anilines is 1. The number of likely N-dealkylation sites (tertiary alicyclic amines) is 1. The van der Waals surface area contributed by atoms with Gasteiger partial charge in [-0.05, 0) is 64.6 Å². The number of nitrogens with one attached hydrogen (secondary N) is 3. The number of benzene rings is 1. The quantitative estimate of drug-likeness (QED) is 0.509. The van der Waals surface area contributed by atoms with E-state index in [4.69, 9.17) is 25.0 Å². The largest absolute Gasteiger partial charge is 0.490 e. The van der Waals surface area contributed by atoms with E-state index in [-0.39, 0.29) is 6.10 Å². The lowest BCUT2D eigenvalue weighted by Gasteiger charge is -2.38. The van der Waals surface area contributed by atoms with Gasteiger partial charge in [0.1, 0.15) is 17.7 Å². The minimum absolute atomic E-state index is 0.236. The number of piperidine rings is 2. The molecule has 10 nitrogen and oxygen atoms in total. The lowest BCUT2D eigenvalue weighted by molar-refractivity contribution is 0.114. The van der Waals surface area contributed by atoms with Crippen LogP contribution < -0.4 is 20.9 Å². The van der Waals surface area contributed by atoms with Gasteiger partial charge in [0.2, 0.25) is 5.95 Å². The second-order valence-electron chi connectivity index (χ2n) is 11.4. The molecule has 4 aliphatic rings. The number of hydrogen-bond acceptors (Lipinski definition) is 9. The summed E-state index contributed by atoms with van der Waals surface area (Å²) in [5.41, 5.74) is 7.26.